The fourth-order valence-corrected chi connectivity index (χ4v) is 4.81. The normalized spacial score (nSPS) is 22.6. The van der Waals surface area contributed by atoms with Crippen molar-refractivity contribution in [2.24, 2.45) is 0 Å². The third-order valence-corrected chi connectivity index (χ3v) is 6.32. The first-order chi connectivity index (χ1) is 13.5. The minimum Gasteiger partial charge on any atom is -0.459 e. The maximum absolute atomic E-state index is 13.1. The number of benzene rings is 1. The molecule has 0 unspecified atom stereocenters. The molecule has 0 saturated heterocycles. The summed E-state index contributed by atoms with van der Waals surface area (Å²) in [5.74, 6) is 0.436. The van der Waals surface area contributed by atoms with Gasteiger partial charge in [-0.3, -0.25) is 4.79 Å². The molecule has 1 aromatic carbocycles. The first kappa shape index (κ1) is 19.3. The second-order valence-corrected chi connectivity index (χ2v) is 8.44. The lowest BCUT2D eigenvalue weighted by molar-refractivity contribution is -0.145. The molecular formula is C21H24BrNO5. The number of hydrogen-bond donors (Lipinski definition) is 1. The summed E-state index contributed by atoms with van der Waals surface area (Å²) in [6.45, 7) is 1.93. The van der Waals surface area contributed by atoms with Crippen molar-refractivity contribution in [2.45, 2.75) is 63.9 Å². The molecule has 1 atom stereocenters. The van der Waals surface area contributed by atoms with Gasteiger partial charge in [0.25, 0.3) is 0 Å². The number of rotatable bonds is 3. The lowest BCUT2D eigenvalue weighted by atomic mass is 9.84. The van der Waals surface area contributed by atoms with E-state index in [1.54, 1.807) is 6.92 Å². The summed E-state index contributed by atoms with van der Waals surface area (Å²) in [5, 5.41) is 2.80. The van der Waals surface area contributed by atoms with Gasteiger partial charge in [-0.15, -0.1) is 0 Å². The Labute approximate surface area is 172 Å². The van der Waals surface area contributed by atoms with Crippen LogP contribution in [0.15, 0.2) is 27.9 Å². The van der Waals surface area contributed by atoms with Gasteiger partial charge in [0.05, 0.1) is 5.57 Å². The van der Waals surface area contributed by atoms with E-state index in [2.05, 4.69) is 21.2 Å². The van der Waals surface area contributed by atoms with Crippen LogP contribution in [0.3, 0.4) is 0 Å². The molecule has 1 fully saturated rings. The highest BCUT2D eigenvalue weighted by atomic mass is 79.9. The maximum atomic E-state index is 13.1. The Kier molecular flexibility index (Phi) is 5.62. The Morgan fingerprint density at radius 2 is 1.82 bits per heavy atom. The van der Waals surface area contributed by atoms with Crippen molar-refractivity contribution < 1.29 is 23.8 Å². The molecule has 150 valence electrons. The molecule has 3 aliphatic rings. The topological polar surface area (TPSA) is 73.9 Å². The number of ether oxygens (including phenoxy) is 3. The molecule has 2 heterocycles. The number of carbonyl (C=O) groups is 2. The smallest absolute Gasteiger partial charge is 0.336 e. The molecule has 0 spiro atoms. The van der Waals surface area contributed by atoms with Crippen LogP contribution in [0.1, 0.15) is 63.4 Å². The summed E-state index contributed by atoms with van der Waals surface area (Å²) in [6.07, 6.45) is 6.51. The number of nitrogens with one attached hydrogen (secondary N) is 1. The number of hydrogen-bond acceptors (Lipinski definition) is 5. The average molecular weight is 450 g/mol. The highest BCUT2D eigenvalue weighted by Crippen LogP contribution is 2.44. The maximum Gasteiger partial charge on any atom is 0.336 e. The number of amides is 1. The Morgan fingerprint density at radius 3 is 2.54 bits per heavy atom. The van der Waals surface area contributed by atoms with Gasteiger partial charge in [-0.2, -0.15) is 0 Å². The van der Waals surface area contributed by atoms with E-state index < -0.39 is 5.92 Å². The van der Waals surface area contributed by atoms with Gasteiger partial charge in [0.15, 0.2) is 11.5 Å². The lowest BCUT2D eigenvalue weighted by Crippen LogP contribution is -2.35. The predicted molar refractivity (Wildman–Crippen MR) is 106 cm³/mol. The Hall–Kier alpha value is -2.02. The SMILES string of the molecule is CC1=C(C(=O)OC2CCCCCC2)[C@H](c2cc3c(cc2Br)OCO3)CC(=O)N1. The number of allylic oxidation sites excluding steroid dienone is 1. The van der Waals surface area contributed by atoms with Gasteiger partial charge in [0, 0.05) is 22.5 Å². The molecule has 1 amide bonds. The van der Waals surface area contributed by atoms with E-state index in [4.69, 9.17) is 14.2 Å². The van der Waals surface area contributed by atoms with Crippen LogP contribution < -0.4 is 14.8 Å². The molecule has 1 aliphatic carbocycles. The first-order valence-corrected chi connectivity index (χ1v) is 10.6. The second kappa shape index (κ2) is 8.15. The van der Waals surface area contributed by atoms with E-state index in [9.17, 15) is 9.59 Å². The van der Waals surface area contributed by atoms with Gasteiger partial charge in [-0.05, 0) is 50.3 Å². The zero-order chi connectivity index (χ0) is 19.7. The Bertz CT molecular complexity index is 826. The highest BCUT2D eigenvalue weighted by Gasteiger charge is 2.36. The summed E-state index contributed by atoms with van der Waals surface area (Å²) in [4.78, 5) is 25.4. The van der Waals surface area contributed by atoms with Crippen LogP contribution in [-0.2, 0) is 14.3 Å². The summed E-state index contributed by atoms with van der Waals surface area (Å²) in [5.41, 5.74) is 1.90. The van der Waals surface area contributed by atoms with Crippen molar-refractivity contribution in [3.63, 3.8) is 0 Å². The molecular weight excluding hydrogens is 426 g/mol. The van der Waals surface area contributed by atoms with E-state index in [0.717, 1.165) is 35.7 Å². The first-order valence-electron chi connectivity index (χ1n) is 9.83. The third kappa shape index (κ3) is 3.90. The quantitative estimate of drug-likeness (QED) is 0.549. The van der Waals surface area contributed by atoms with Crippen molar-refractivity contribution in [3.8, 4) is 11.5 Å². The predicted octanol–water partition coefficient (Wildman–Crippen LogP) is 4.32. The highest BCUT2D eigenvalue weighted by molar-refractivity contribution is 9.10. The number of halogens is 1. The van der Waals surface area contributed by atoms with E-state index in [1.807, 2.05) is 12.1 Å². The number of carbonyl (C=O) groups excluding carboxylic acids is 2. The second-order valence-electron chi connectivity index (χ2n) is 7.59. The van der Waals surface area contributed by atoms with Crippen LogP contribution in [0.5, 0.6) is 11.5 Å². The summed E-state index contributed by atoms with van der Waals surface area (Å²) in [7, 11) is 0. The van der Waals surface area contributed by atoms with Crippen molar-refractivity contribution in [1.29, 1.82) is 0 Å². The molecule has 1 saturated carbocycles. The van der Waals surface area contributed by atoms with Gasteiger partial charge < -0.3 is 19.5 Å². The average Bonchev–Trinajstić information content (AvgIpc) is 2.94. The minimum atomic E-state index is -0.393. The molecule has 4 rings (SSSR count). The molecule has 28 heavy (non-hydrogen) atoms. The minimum absolute atomic E-state index is 0.0474. The Balaban J connectivity index is 1.64. The molecule has 0 aromatic heterocycles. The van der Waals surface area contributed by atoms with Crippen molar-refractivity contribution in [1.82, 2.24) is 5.32 Å². The van der Waals surface area contributed by atoms with Crippen molar-refractivity contribution in [2.75, 3.05) is 6.79 Å². The van der Waals surface area contributed by atoms with E-state index in [1.165, 1.54) is 12.8 Å². The van der Waals surface area contributed by atoms with E-state index in [0.29, 0.717) is 22.8 Å². The van der Waals surface area contributed by atoms with Crippen LogP contribution in [0.25, 0.3) is 0 Å². The molecule has 1 aromatic rings. The number of esters is 1. The molecule has 6 nitrogen and oxygen atoms in total. The third-order valence-electron chi connectivity index (χ3n) is 5.63. The van der Waals surface area contributed by atoms with E-state index in [-0.39, 0.29) is 31.2 Å². The van der Waals surface area contributed by atoms with Gasteiger partial charge >= 0.3 is 5.97 Å². The van der Waals surface area contributed by atoms with Gasteiger partial charge in [0.2, 0.25) is 12.7 Å². The van der Waals surface area contributed by atoms with Crippen molar-refractivity contribution in [3.05, 3.63) is 33.4 Å². The summed E-state index contributed by atoms with van der Waals surface area (Å²) in [6, 6.07) is 3.68. The van der Waals surface area contributed by atoms with Crippen LogP contribution in [-0.4, -0.2) is 24.8 Å². The lowest BCUT2D eigenvalue weighted by Gasteiger charge is -2.28. The monoisotopic (exact) mass is 449 g/mol. The fourth-order valence-electron chi connectivity index (χ4n) is 4.21. The largest absolute Gasteiger partial charge is 0.459 e. The molecule has 1 N–H and O–H groups in total. The van der Waals surface area contributed by atoms with Crippen molar-refractivity contribution >= 4 is 27.8 Å². The van der Waals surface area contributed by atoms with Gasteiger partial charge in [-0.25, -0.2) is 4.79 Å². The molecule has 0 bridgehead atoms. The zero-order valence-corrected chi connectivity index (χ0v) is 17.5. The number of fused-ring (bicyclic) bond motifs is 1. The molecule has 0 radical (unpaired) electrons. The zero-order valence-electron chi connectivity index (χ0n) is 15.9. The van der Waals surface area contributed by atoms with Crippen LogP contribution in [0.2, 0.25) is 0 Å². The Morgan fingerprint density at radius 1 is 1.14 bits per heavy atom. The summed E-state index contributed by atoms with van der Waals surface area (Å²) < 4.78 is 17.6. The van der Waals surface area contributed by atoms with Gasteiger partial charge in [-0.1, -0.05) is 28.8 Å². The van der Waals surface area contributed by atoms with Crippen LogP contribution in [0.4, 0.5) is 0 Å². The standard InChI is InChI=1S/C21H24BrNO5/c1-12-20(21(25)28-13-6-4-2-3-5-7-13)15(9-19(24)23-12)14-8-17-18(10-16(14)22)27-11-26-17/h8,10,13,15H,2-7,9,11H2,1H3,(H,23,24)/t15-/m0/s1. The molecule has 2 aliphatic heterocycles. The molecule has 7 heteroatoms. The fraction of sp³-hybridized carbons (Fsp3) is 0.524. The van der Waals surface area contributed by atoms with E-state index >= 15 is 0 Å². The van der Waals surface area contributed by atoms with Crippen LogP contribution in [0, 0.1) is 0 Å². The van der Waals surface area contributed by atoms with Gasteiger partial charge in [0.1, 0.15) is 6.10 Å². The summed E-state index contributed by atoms with van der Waals surface area (Å²) >= 11 is 3.57. The van der Waals surface area contributed by atoms with Crippen LogP contribution >= 0.6 is 15.9 Å².